The van der Waals surface area contributed by atoms with Gasteiger partial charge in [-0.25, -0.2) is 0 Å². The fraction of sp³-hybridized carbons (Fsp3) is 0.125. The molecule has 6 aliphatic carbocycles. The van der Waals surface area contributed by atoms with E-state index < -0.39 is 0 Å². The maximum atomic E-state index is 6.43. The molecule has 0 saturated heterocycles. The third-order valence-electron chi connectivity index (χ3n) is 36.0. The lowest BCUT2D eigenvalue weighted by Crippen LogP contribution is -2.15. The van der Waals surface area contributed by atoms with Crippen LogP contribution in [0, 0.1) is 0 Å². The Morgan fingerprint density at radius 3 is 0.813 bits per heavy atom. The van der Waals surface area contributed by atoms with Crippen LogP contribution in [-0.2, 0) is 32.5 Å². The van der Waals surface area contributed by atoms with Gasteiger partial charge in [0.25, 0.3) is 0 Å². The second kappa shape index (κ2) is 31.0. The molecule has 0 fully saturated rings. The summed E-state index contributed by atoms with van der Waals surface area (Å²) in [4.78, 5) is 0. The quantitative estimate of drug-likeness (QED) is 0.163. The number of thiophene rings is 2. The molecule has 27 aromatic rings. The lowest BCUT2D eigenvalue weighted by Gasteiger charge is -2.22. The Kier molecular flexibility index (Phi) is 18.1. The van der Waals surface area contributed by atoms with Crippen molar-refractivity contribution in [3.8, 4) is 117 Å². The minimum Gasteiger partial charge on any atom is -0.456 e. The lowest BCUT2D eigenvalue weighted by molar-refractivity contribution is 0.660. The zero-order valence-electron chi connectivity index (χ0n) is 85.9. The first-order valence-electron chi connectivity index (χ1n) is 53.0. The molecule has 0 aliphatic heterocycles. The Morgan fingerprint density at radius 1 is 0.160 bits per heavy atom. The van der Waals surface area contributed by atoms with E-state index in [-0.39, 0.29) is 32.5 Å². The maximum absolute atomic E-state index is 6.43. The number of aromatic nitrogens is 3. The van der Waals surface area contributed by atoms with Gasteiger partial charge >= 0.3 is 0 Å². The summed E-state index contributed by atoms with van der Waals surface area (Å²) in [6, 6.07) is 157. The SMILES string of the molecule is CC1(C)c2ccccc2-c2cc3c4cc5c(cc4n(-c4ccc(-c6ccc7sc8ccccc8c7c6)cc4)c3cc21)C(C)(C)c1ccccc1-5.CC1(C)c2ccccc2-c2cc3c4cc5c(cc4n(-c4ccc(-c6cccc7c6sc6ccccc67)cc4)c3cc21)C(C)(C)c1ccccc1-5.CC1(C)c2ccccc2-c2cc3c4cc5c(cc4n(-c4ccc6oc7ccc(-c8ccccc8)cc7c6c4)c3cc21)C(C)(C)c1ccccc1-5. The molecular weight excluding hydrogens is 1850 g/mol. The highest BCUT2D eigenvalue weighted by molar-refractivity contribution is 7.26. The predicted molar refractivity (Wildman–Crippen MR) is 637 cm³/mol. The van der Waals surface area contributed by atoms with Crippen molar-refractivity contribution in [1.29, 1.82) is 0 Å². The Bertz CT molecular complexity index is 10300. The minimum absolute atomic E-state index is 0.0710. The summed E-state index contributed by atoms with van der Waals surface area (Å²) in [5.74, 6) is 0. The number of nitrogens with zero attached hydrogens (tertiary/aromatic N) is 3. The Labute approximate surface area is 879 Å². The molecule has 6 aromatic heterocycles. The molecule has 0 bridgehead atoms. The van der Waals surface area contributed by atoms with Crippen LogP contribution >= 0.6 is 22.7 Å². The second-order valence-electron chi connectivity index (χ2n) is 46.1. The molecule has 0 radical (unpaired) electrons. The number of benzene rings is 21. The van der Waals surface area contributed by atoms with Crippen LogP contribution < -0.4 is 0 Å². The molecule has 6 aliphatic rings. The standard InChI is InChI=1S/C48H35NO.2C48H35NS/c1-47(2)39-16-10-8-14-31(39)33-24-35-36-25-34-32-15-9-11-17-40(32)48(3,4)42(34)27-44(36)49(43(35)26-41(33)47)30-19-21-46-38(23-30)37-22-29(18-20-45(37)50-46)28-12-6-5-7-13-28;1-47(2)39-17-8-5-12-31(39)35-24-37-38-25-36-32-13-6-9-18-40(32)48(3,4)42(36)27-44(38)49(43(37)26-41(35)47)29-22-20-28(21-23-29)30-15-11-16-34-33-14-7-10-19-45(33)50-46(30)34;1-47(2)39-14-8-5-11-31(39)34-24-36-37-25-35-32-12-6-9-15-40(32)48(3,4)42(35)27-44(37)49(43(36)26-41(34)47)30-20-17-28(18-21-30)29-19-22-46-38(23-29)33-13-7-10-16-45(33)50-46/h3*5-27H,1-4H3. The van der Waals surface area contributed by atoms with Crippen LogP contribution in [0.25, 0.3) is 245 Å². The number of fused-ring (bicyclic) bond motifs is 36. The second-order valence-corrected chi connectivity index (χ2v) is 48.2. The van der Waals surface area contributed by atoms with Crippen LogP contribution in [0.3, 0.4) is 0 Å². The van der Waals surface area contributed by atoms with Crippen molar-refractivity contribution in [3.05, 3.63) is 485 Å². The molecule has 0 amide bonds. The first-order chi connectivity index (χ1) is 72.9. The number of rotatable bonds is 6. The monoisotopic (exact) mass is 1960 g/mol. The molecule has 714 valence electrons. The van der Waals surface area contributed by atoms with Crippen LogP contribution in [-0.4, -0.2) is 13.7 Å². The van der Waals surface area contributed by atoms with E-state index in [1.165, 1.54) is 284 Å². The molecule has 150 heavy (non-hydrogen) atoms. The van der Waals surface area contributed by atoms with Gasteiger partial charge < -0.3 is 18.1 Å². The van der Waals surface area contributed by atoms with Crippen molar-refractivity contribution in [2.75, 3.05) is 0 Å². The Hall–Kier alpha value is -16.7. The van der Waals surface area contributed by atoms with Crippen molar-refractivity contribution < 1.29 is 4.42 Å². The van der Waals surface area contributed by atoms with Gasteiger partial charge in [-0.1, -0.05) is 350 Å². The smallest absolute Gasteiger partial charge is 0.135 e. The molecule has 6 heteroatoms. The van der Waals surface area contributed by atoms with Gasteiger partial charge in [-0.2, -0.15) is 0 Å². The van der Waals surface area contributed by atoms with Gasteiger partial charge in [0.1, 0.15) is 11.2 Å². The van der Waals surface area contributed by atoms with E-state index in [2.05, 4.69) is 515 Å². The summed E-state index contributed by atoms with van der Waals surface area (Å²) in [7, 11) is 0. The third kappa shape index (κ3) is 12.1. The van der Waals surface area contributed by atoms with E-state index in [4.69, 9.17) is 4.42 Å². The van der Waals surface area contributed by atoms with Gasteiger partial charge in [-0.05, 0) is 319 Å². The van der Waals surface area contributed by atoms with Crippen molar-refractivity contribution in [1.82, 2.24) is 13.7 Å². The molecule has 21 aromatic carbocycles. The maximum Gasteiger partial charge on any atom is 0.135 e. The molecule has 0 atom stereocenters. The Balaban J connectivity index is 0.000000101. The molecule has 33 rings (SSSR count). The van der Waals surface area contributed by atoms with Crippen molar-refractivity contribution in [2.45, 2.75) is 116 Å². The first-order valence-corrected chi connectivity index (χ1v) is 54.7. The third-order valence-corrected chi connectivity index (χ3v) is 38.4. The van der Waals surface area contributed by atoms with E-state index in [1.807, 2.05) is 22.7 Å². The van der Waals surface area contributed by atoms with E-state index >= 15 is 0 Å². The van der Waals surface area contributed by atoms with Gasteiger partial charge in [0.05, 0.1) is 33.1 Å². The van der Waals surface area contributed by atoms with E-state index in [1.54, 1.807) is 0 Å². The van der Waals surface area contributed by atoms with Gasteiger partial charge in [0.15, 0.2) is 0 Å². The fourth-order valence-corrected chi connectivity index (χ4v) is 30.6. The van der Waals surface area contributed by atoms with Crippen molar-refractivity contribution >= 4 is 150 Å². The molecule has 4 nitrogen and oxygen atoms in total. The lowest BCUT2D eigenvalue weighted by atomic mass is 9.82. The molecule has 0 N–H and O–H groups in total. The van der Waals surface area contributed by atoms with Gasteiger partial charge in [-0.15, -0.1) is 22.7 Å². The van der Waals surface area contributed by atoms with Crippen LogP contribution in [0.4, 0.5) is 0 Å². The van der Waals surface area contributed by atoms with Crippen molar-refractivity contribution in [3.63, 3.8) is 0 Å². The highest BCUT2D eigenvalue weighted by atomic mass is 32.1. The minimum atomic E-state index is -0.0946. The zero-order chi connectivity index (χ0) is 101. The normalized spacial score (nSPS) is 15.1. The summed E-state index contributed by atoms with van der Waals surface area (Å²) in [6.07, 6.45) is 0. The molecule has 0 spiro atoms. The van der Waals surface area contributed by atoms with Crippen molar-refractivity contribution in [2.24, 2.45) is 0 Å². The van der Waals surface area contributed by atoms with Crippen LogP contribution in [0.15, 0.2) is 423 Å². The number of furan rings is 1. The summed E-state index contributed by atoms with van der Waals surface area (Å²) in [6.45, 7) is 28.6. The summed E-state index contributed by atoms with van der Waals surface area (Å²) in [5, 5.41) is 15.5. The summed E-state index contributed by atoms with van der Waals surface area (Å²) >= 11 is 3.77. The van der Waals surface area contributed by atoms with Gasteiger partial charge in [-0.3, -0.25) is 0 Å². The summed E-state index contributed by atoms with van der Waals surface area (Å²) in [5.41, 5.74) is 53.0. The van der Waals surface area contributed by atoms with Crippen LogP contribution in [0.2, 0.25) is 0 Å². The predicted octanol–water partition coefficient (Wildman–Crippen LogP) is 39.8. The number of hydrogen-bond acceptors (Lipinski definition) is 3. The first kappa shape index (κ1) is 87.5. The van der Waals surface area contributed by atoms with Crippen LogP contribution in [0.1, 0.15) is 150 Å². The van der Waals surface area contributed by atoms with Crippen LogP contribution in [0.5, 0.6) is 0 Å². The Morgan fingerprint density at radius 2 is 0.427 bits per heavy atom. The average Bonchev–Trinajstić information content (AvgIpc) is 1.53. The molecular formula is C144H105N3OS2. The zero-order valence-corrected chi connectivity index (χ0v) is 87.5. The van der Waals surface area contributed by atoms with Gasteiger partial charge in [0, 0.05) is 133 Å². The molecule has 0 unspecified atom stereocenters. The number of hydrogen-bond donors (Lipinski definition) is 0. The average molecular weight is 1960 g/mol. The topological polar surface area (TPSA) is 27.9 Å². The van der Waals surface area contributed by atoms with E-state index in [0.29, 0.717) is 0 Å². The highest BCUT2D eigenvalue weighted by Gasteiger charge is 2.45. The van der Waals surface area contributed by atoms with E-state index in [0.717, 1.165) is 27.6 Å². The molecule has 0 saturated carbocycles. The fourth-order valence-electron chi connectivity index (χ4n) is 28.2. The summed E-state index contributed by atoms with van der Waals surface area (Å²) < 4.78 is 19.4. The largest absolute Gasteiger partial charge is 0.456 e. The van der Waals surface area contributed by atoms with Gasteiger partial charge in [0.2, 0.25) is 0 Å². The van der Waals surface area contributed by atoms with E-state index in [9.17, 15) is 0 Å². The molecule has 6 heterocycles. The highest BCUT2D eigenvalue weighted by Crippen LogP contribution is 2.61.